The van der Waals surface area contributed by atoms with Crippen molar-refractivity contribution in [3.05, 3.63) is 22.7 Å². The van der Waals surface area contributed by atoms with Gasteiger partial charge in [0.1, 0.15) is 10.0 Å². The highest BCUT2D eigenvalue weighted by Gasteiger charge is 2.32. The number of esters is 1. The van der Waals surface area contributed by atoms with Crippen molar-refractivity contribution in [2.24, 2.45) is 0 Å². The summed E-state index contributed by atoms with van der Waals surface area (Å²) < 4.78 is 5.32. The van der Waals surface area contributed by atoms with Crippen LogP contribution in [0.25, 0.3) is 0 Å². The summed E-state index contributed by atoms with van der Waals surface area (Å²) in [5, 5.41) is 0. The molecule has 0 aliphatic rings. The molecule has 0 N–H and O–H groups in total. The van der Waals surface area contributed by atoms with Crippen LogP contribution in [0.3, 0.4) is 0 Å². The van der Waals surface area contributed by atoms with Gasteiger partial charge in [0.05, 0.1) is 25.2 Å². The van der Waals surface area contributed by atoms with Crippen molar-refractivity contribution in [3.63, 3.8) is 0 Å². The first-order chi connectivity index (χ1) is 6.48. The number of ether oxygens (including phenoxy) is 1. The maximum atomic E-state index is 11.4. The highest BCUT2D eigenvalue weighted by Crippen LogP contribution is 2.22. The Balaban J connectivity index is 3.03. The summed E-state index contributed by atoms with van der Waals surface area (Å²) in [5.41, 5.74) is -0.171. The molecule has 0 saturated carbocycles. The molecule has 0 radical (unpaired) electrons. The van der Waals surface area contributed by atoms with Crippen LogP contribution in [0.5, 0.6) is 0 Å². The summed E-state index contributed by atoms with van der Waals surface area (Å²) in [5.74, 6) is -0.325. The van der Waals surface area contributed by atoms with Crippen LogP contribution in [0.2, 0.25) is 0 Å². The molecule has 0 spiro atoms. The van der Waals surface area contributed by atoms with E-state index in [1.165, 1.54) is 7.11 Å². The molecule has 0 fully saturated rings. The van der Waals surface area contributed by atoms with Crippen LogP contribution >= 0.6 is 15.9 Å². The summed E-state index contributed by atoms with van der Waals surface area (Å²) in [4.78, 5) is 19.5. The largest absolute Gasteiger partial charge is 0.468 e. The Morgan fingerprint density at radius 3 is 2.50 bits per heavy atom. The molecule has 14 heavy (non-hydrogen) atoms. The van der Waals surface area contributed by atoms with E-state index in [0.717, 1.165) is 0 Å². The van der Waals surface area contributed by atoms with E-state index in [1.54, 1.807) is 26.2 Å². The van der Waals surface area contributed by atoms with Crippen LogP contribution in [0.4, 0.5) is 0 Å². The number of hydrogen-bond donors (Lipinski definition) is 0. The molecule has 0 atom stereocenters. The summed E-state index contributed by atoms with van der Waals surface area (Å²) in [6, 6.07) is 0. The lowest BCUT2D eigenvalue weighted by Crippen LogP contribution is -2.31. The van der Waals surface area contributed by atoms with Crippen molar-refractivity contribution < 1.29 is 9.53 Å². The molecule has 0 amide bonds. The van der Waals surface area contributed by atoms with Crippen LogP contribution in [-0.2, 0) is 14.9 Å². The molecular weight excluding hydrogens is 248 g/mol. The predicted molar refractivity (Wildman–Crippen MR) is 54.8 cm³/mol. The van der Waals surface area contributed by atoms with Crippen LogP contribution in [0.1, 0.15) is 19.5 Å². The molecule has 1 aromatic rings. The zero-order chi connectivity index (χ0) is 10.8. The topological polar surface area (TPSA) is 52.1 Å². The molecule has 4 nitrogen and oxygen atoms in total. The minimum Gasteiger partial charge on any atom is -0.468 e. The molecule has 0 aliphatic heterocycles. The number of aromatic nitrogens is 2. The van der Waals surface area contributed by atoms with Gasteiger partial charge in [-0.1, -0.05) is 0 Å². The lowest BCUT2D eigenvalue weighted by molar-refractivity contribution is -0.146. The monoisotopic (exact) mass is 258 g/mol. The number of methoxy groups -OCH3 is 1. The molecule has 76 valence electrons. The fraction of sp³-hybridized carbons (Fsp3) is 0.444. The smallest absolute Gasteiger partial charge is 0.317 e. The standard InChI is InChI=1S/C9H11BrN2O2/c1-9(2,8(13)14-3)6-4-12-7(10)5-11-6/h4-5H,1-3H3. The second-order valence-corrected chi connectivity index (χ2v) is 4.15. The lowest BCUT2D eigenvalue weighted by atomic mass is 9.90. The molecule has 0 saturated heterocycles. The Morgan fingerprint density at radius 2 is 2.07 bits per heavy atom. The van der Waals surface area contributed by atoms with Crippen LogP contribution in [0.15, 0.2) is 17.0 Å². The SMILES string of the molecule is COC(=O)C(C)(C)c1cnc(Br)cn1. The maximum Gasteiger partial charge on any atom is 0.317 e. The number of nitrogens with zero attached hydrogens (tertiary/aromatic N) is 2. The molecule has 1 heterocycles. The Hall–Kier alpha value is -0.970. The highest BCUT2D eigenvalue weighted by molar-refractivity contribution is 9.10. The first-order valence-corrected chi connectivity index (χ1v) is 4.84. The molecule has 0 bridgehead atoms. The minimum atomic E-state index is -0.761. The Kier molecular flexibility index (Phi) is 3.21. The third-order valence-corrected chi connectivity index (χ3v) is 2.37. The number of carbonyl (C=O) groups excluding carboxylic acids is 1. The van der Waals surface area contributed by atoms with Gasteiger partial charge < -0.3 is 4.74 Å². The van der Waals surface area contributed by atoms with Gasteiger partial charge in [-0.05, 0) is 29.8 Å². The van der Waals surface area contributed by atoms with Crippen LogP contribution in [-0.4, -0.2) is 23.0 Å². The molecule has 0 aromatic carbocycles. The fourth-order valence-corrected chi connectivity index (χ4v) is 1.20. The van der Waals surface area contributed by atoms with Crippen LogP contribution < -0.4 is 0 Å². The molecule has 5 heteroatoms. The average Bonchev–Trinajstić information content (AvgIpc) is 2.17. The van der Waals surface area contributed by atoms with Crippen molar-refractivity contribution in [1.29, 1.82) is 0 Å². The van der Waals surface area contributed by atoms with Gasteiger partial charge in [0, 0.05) is 0 Å². The van der Waals surface area contributed by atoms with Crippen molar-refractivity contribution in [2.45, 2.75) is 19.3 Å². The Bertz CT molecular complexity index is 335. The zero-order valence-corrected chi connectivity index (χ0v) is 9.83. The number of carbonyl (C=O) groups is 1. The Morgan fingerprint density at radius 1 is 1.43 bits per heavy atom. The second kappa shape index (κ2) is 4.04. The number of hydrogen-bond acceptors (Lipinski definition) is 4. The van der Waals surface area contributed by atoms with E-state index in [4.69, 9.17) is 0 Å². The summed E-state index contributed by atoms with van der Waals surface area (Å²) in [6.45, 7) is 3.49. The minimum absolute atomic E-state index is 0.325. The van der Waals surface area contributed by atoms with E-state index in [1.807, 2.05) is 0 Å². The van der Waals surface area contributed by atoms with Crippen molar-refractivity contribution in [1.82, 2.24) is 9.97 Å². The van der Waals surface area contributed by atoms with Crippen molar-refractivity contribution >= 4 is 21.9 Å². The van der Waals surface area contributed by atoms with E-state index in [9.17, 15) is 4.79 Å². The molecular formula is C9H11BrN2O2. The van der Waals surface area contributed by atoms with E-state index in [0.29, 0.717) is 10.3 Å². The van der Waals surface area contributed by atoms with Gasteiger partial charge in [-0.15, -0.1) is 0 Å². The summed E-state index contributed by atoms with van der Waals surface area (Å²) in [7, 11) is 1.36. The van der Waals surface area contributed by atoms with Gasteiger partial charge in [-0.2, -0.15) is 0 Å². The third-order valence-electron chi connectivity index (χ3n) is 1.96. The fourth-order valence-electron chi connectivity index (χ4n) is 0.995. The Labute approximate surface area is 90.8 Å². The van der Waals surface area contributed by atoms with E-state index < -0.39 is 5.41 Å². The van der Waals surface area contributed by atoms with E-state index >= 15 is 0 Å². The quantitative estimate of drug-likeness (QED) is 0.758. The van der Waals surface area contributed by atoms with E-state index in [-0.39, 0.29) is 5.97 Å². The highest BCUT2D eigenvalue weighted by atomic mass is 79.9. The number of rotatable bonds is 2. The molecule has 0 unspecified atom stereocenters. The molecule has 0 aliphatic carbocycles. The van der Waals surface area contributed by atoms with Gasteiger partial charge in [0.25, 0.3) is 0 Å². The number of halogens is 1. The summed E-state index contributed by atoms with van der Waals surface area (Å²) >= 11 is 3.18. The molecule has 1 rings (SSSR count). The second-order valence-electron chi connectivity index (χ2n) is 3.34. The van der Waals surface area contributed by atoms with Crippen molar-refractivity contribution in [2.75, 3.05) is 7.11 Å². The third kappa shape index (κ3) is 2.09. The molecule has 1 aromatic heterocycles. The zero-order valence-electron chi connectivity index (χ0n) is 8.24. The first-order valence-electron chi connectivity index (χ1n) is 4.05. The van der Waals surface area contributed by atoms with Gasteiger partial charge in [0.2, 0.25) is 0 Å². The van der Waals surface area contributed by atoms with Gasteiger partial charge >= 0.3 is 5.97 Å². The van der Waals surface area contributed by atoms with E-state index in [2.05, 4.69) is 30.6 Å². The lowest BCUT2D eigenvalue weighted by Gasteiger charge is -2.19. The normalized spacial score (nSPS) is 11.1. The van der Waals surface area contributed by atoms with Gasteiger partial charge in [-0.25, -0.2) is 4.98 Å². The van der Waals surface area contributed by atoms with Crippen LogP contribution in [0, 0.1) is 0 Å². The van der Waals surface area contributed by atoms with Crippen molar-refractivity contribution in [3.8, 4) is 0 Å². The average molecular weight is 259 g/mol. The van der Waals surface area contributed by atoms with Gasteiger partial charge in [-0.3, -0.25) is 9.78 Å². The van der Waals surface area contributed by atoms with Gasteiger partial charge in [0.15, 0.2) is 0 Å². The predicted octanol–water partition coefficient (Wildman–Crippen LogP) is 1.69. The maximum absolute atomic E-state index is 11.4. The first kappa shape index (κ1) is 11.1. The summed E-state index contributed by atoms with van der Waals surface area (Å²) in [6.07, 6.45) is 3.11.